The number of carbonyl (C=O) groups excluding carboxylic acids is 1. The van der Waals surface area contributed by atoms with Gasteiger partial charge < -0.3 is 14.8 Å². The van der Waals surface area contributed by atoms with Gasteiger partial charge in [-0.2, -0.15) is 0 Å². The summed E-state index contributed by atoms with van der Waals surface area (Å²) in [5, 5.41) is 3.17. The van der Waals surface area contributed by atoms with E-state index in [0.717, 1.165) is 5.56 Å². The zero-order valence-corrected chi connectivity index (χ0v) is 12.7. The fourth-order valence-electron chi connectivity index (χ4n) is 1.89. The summed E-state index contributed by atoms with van der Waals surface area (Å²) in [6.07, 6.45) is 1.50. The molecule has 0 saturated carbocycles. The predicted octanol–water partition coefficient (Wildman–Crippen LogP) is 3.31. The van der Waals surface area contributed by atoms with Gasteiger partial charge in [-0.3, -0.25) is 4.79 Å². The lowest BCUT2D eigenvalue weighted by Gasteiger charge is -2.12. The molecule has 1 N–H and O–H groups in total. The van der Waals surface area contributed by atoms with Gasteiger partial charge in [0, 0.05) is 0 Å². The van der Waals surface area contributed by atoms with Crippen LogP contribution in [0.5, 0.6) is 11.5 Å². The van der Waals surface area contributed by atoms with E-state index < -0.39 is 0 Å². The zero-order valence-electron chi connectivity index (χ0n) is 11.9. The normalized spacial score (nSPS) is 10.1. The van der Waals surface area contributed by atoms with Crippen molar-refractivity contribution in [3.63, 3.8) is 0 Å². The smallest absolute Gasteiger partial charge is 0.259 e. The Morgan fingerprint density at radius 2 is 2.05 bits per heavy atom. The van der Waals surface area contributed by atoms with Crippen molar-refractivity contribution < 1.29 is 14.3 Å². The number of anilines is 1. The summed E-state index contributed by atoms with van der Waals surface area (Å²) in [7, 11) is 3.01. The number of halogens is 1. The van der Waals surface area contributed by atoms with E-state index in [9.17, 15) is 4.79 Å². The molecule has 0 bridgehead atoms. The third kappa shape index (κ3) is 3.25. The first-order chi connectivity index (χ1) is 10.1. The molecule has 5 nitrogen and oxygen atoms in total. The van der Waals surface area contributed by atoms with Gasteiger partial charge in [-0.25, -0.2) is 4.98 Å². The molecule has 1 aromatic carbocycles. The number of amides is 1. The molecule has 2 rings (SSSR count). The molecule has 0 saturated heterocycles. The van der Waals surface area contributed by atoms with Gasteiger partial charge in [0.25, 0.3) is 5.91 Å². The predicted molar refractivity (Wildman–Crippen MR) is 81.5 cm³/mol. The third-order valence-electron chi connectivity index (χ3n) is 2.92. The van der Waals surface area contributed by atoms with Gasteiger partial charge in [0.05, 0.1) is 31.7 Å². The van der Waals surface area contributed by atoms with Crippen LogP contribution in [0.4, 0.5) is 5.69 Å². The maximum Gasteiger partial charge on any atom is 0.259 e. The number of pyridine rings is 1. The van der Waals surface area contributed by atoms with Crippen LogP contribution < -0.4 is 14.8 Å². The van der Waals surface area contributed by atoms with Gasteiger partial charge in [0.2, 0.25) is 0 Å². The number of nitrogens with one attached hydrogen (secondary N) is 1. The van der Waals surface area contributed by atoms with Crippen LogP contribution in [0.25, 0.3) is 0 Å². The van der Waals surface area contributed by atoms with E-state index in [1.54, 1.807) is 24.3 Å². The van der Waals surface area contributed by atoms with Crippen LogP contribution in [0.15, 0.2) is 30.5 Å². The molecule has 0 aliphatic carbocycles. The van der Waals surface area contributed by atoms with Crippen LogP contribution >= 0.6 is 11.6 Å². The number of hydrogen-bond acceptors (Lipinski definition) is 4. The minimum atomic E-state index is -0.311. The Labute approximate surface area is 127 Å². The molecule has 0 aliphatic rings. The second kappa shape index (κ2) is 6.45. The second-order valence-corrected chi connectivity index (χ2v) is 4.68. The summed E-state index contributed by atoms with van der Waals surface area (Å²) in [4.78, 5) is 16.3. The van der Waals surface area contributed by atoms with E-state index >= 15 is 0 Å². The standard InChI is InChI=1S/C15H15ClN2O3/c1-9-7-10(8-17-14(9)16)18-15(19)11-5-4-6-12(20-2)13(11)21-3/h4-8H,1-3H3,(H,18,19). The minimum Gasteiger partial charge on any atom is -0.493 e. The Morgan fingerprint density at radius 1 is 1.29 bits per heavy atom. The number of ether oxygens (including phenoxy) is 2. The summed E-state index contributed by atoms with van der Waals surface area (Å²) in [5.41, 5.74) is 1.73. The van der Waals surface area contributed by atoms with Crippen molar-refractivity contribution >= 4 is 23.2 Å². The van der Waals surface area contributed by atoms with Crippen LogP contribution in [0, 0.1) is 6.92 Å². The van der Waals surface area contributed by atoms with Crippen LogP contribution in [-0.4, -0.2) is 25.1 Å². The number of benzene rings is 1. The highest BCUT2D eigenvalue weighted by Crippen LogP contribution is 2.31. The quantitative estimate of drug-likeness (QED) is 0.880. The third-order valence-corrected chi connectivity index (χ3v) is 3.32. The fraction of sp³-hybridized carbons (Fsp3) is 0.200. The van der Waals surface area contributed by atoms with Crippen molar-refractivity contribution in [2.45, 2.75) is 6.92 Å². The minimum absolute atomic E-state index is 0.311. The molecule has 0 fully saturated rings. The van der Waals surface area contributed by atoms with Crippen LogP contribution in [-0.2, 0) is 0 Å². The maximum atomic E-state index is 12.4. The molecule has 2 aromatic rings. The average molecular weight is 307 g/mol. The van der Waals surface area contributed by atoms with Crippen molar-refractivity contribution in [1.29, 1.82) is 0 Å². The maximum absolute atomic E-state index is 12.4. The van der Waals surface area contributed by atoms with Crippen molar-refractivity contribution in [2.24, 2.45) is 0 Å². The van der Waals surface area contributed by atoms with Crippen molar-refractivity contribution in [3.05, 3.63) is 46.7 Å². The number of nitrogens with zero attached hydrogens (tertiary/aromatic N) is 1. The molecule has 1 aromatic heterocycles. The van der Waals surface area contributed by atoms with Crippen molar-refractivity contribution in [1.82, 2.24) is 4.98 Å². The summed E-state index contributed by atoms with van der Waals surface area (Å²) in [6.45, 7) is 1.82. The van der Waals surface area contributed by atoms with Gasteiger partial charge in [0.15, 0.2) is 11.5 Å². The van der Waals surface area contributed by atoms with Gasteiger partial charge in [-0.05, 0) is 30.7 Å². The molecule has 6 heteroatoms. The highest BCUT2D eigenvalue weighted by Gasteiger charge is 2.16. The number of methoxy groups -OCH3 is 2. The molecule has 0 atom stereocenters. The van der Waals surface area contributed by atoms with E-state index in [4.69, 9.17) is 21.1 Å². The lowest BCUT2D eigenvalue weighted by molar-refractivity contribution is 0.102. The first-order valence-electron chi connectivity index (χ1n) is 6.21. The second-order valence-electron chi connectivity index (χ2n) is 4.33. The molecule has 110 valence electrons. The van der Waals surface area contributed by atoms with E-state index in [0.29, 0.717) is 27.9 Å². The van der Waals surface area contributed by atoms with Gasteiger partial charge in [-0.15, -0.1) is 0 Å². The fourth-order valence-corrected chi connectivity index (χ4v) is 1.99. The molecule has 0 spiro atoms. The largest absolute Gasteiger partial charge is 0.493 e. The lowest BCUT2D eigenvalue weighted by Crippen LogP contribution is -2.14. The summed E-state index contributed by atoms with van der Waals surface area (Å²) < 4.78 is 10.4. The van der Waals surface area contributed by atoms with E-state index in [1.165, 1.54) is 20.4 Å². The number of para-hydroxylation sites is 1. The Kier molecular flexibility index (Phi) is 4.65. The van der Waals surface area contributed by atoms with Crippen LogP contribution in [0.1, 0.15) is 15.9 Å². The Bertz CT molecular complexity index is 674. The molecule has 21 heavy (non-hydrogen) atoms. The average Bonchev–Trinajstić information content (AvgIpc) is 2.49. The van der Waals surface area contributed by atoms with Gasteiger partial charge in [-0.1, -0.05) is 17.7 Å². The Balaban J connectivity index is 2.30. The first kappa shape index (κ1) is 15.1. The SMILES string of the molecule is COc1cccc(C(=O)Nc2cnc(Cl)c(C)c2)c1OC. The number of aryl methyl sites for hydroxylation is 1. The molecular formula is C15H15ClN2O3. The van der Waals surface area contributed by atoms with Crippen molar-refractivity contribution in [3.8, 4) is 11.5 Å². The topological polar surface area (TPSA) is 60.5 Å². The highest BCUT2D eigenvalue weighted by molar-refractivity contribution is 6.30. The van der Waals surface area contributed by atoms with E-state index in [2.05, 4.69) is 10.3 Å². The number of carbonyl (C=O) groups is 1. The van der Waals surface area contributed by atoms with Gasteiger partial charge >= 0.3 is 0 Å². The summed E-state index contributed by atoms with van der Waals surface area (Å²) in [5.74, 6) is 0.570. The van der Waals surface area contributed by atoms with Crippen molar-refractivity contribution in [2.75, 3.05) is 19.5 Å². The Morgan fingerprint density at radius 3 is 2.67 bits per heavy atom. The highest BCUT2D eigenvalue weighted by atomic mass is 35.5. The number of hydrogen-bond donors (Lipinski definition) is 1. The lowest BCUT2D eigenvalue weighted by atomic mass is 10.1. The molecule has 1 amide bonds. The molecule has 1 heterocycles. The number of rotatable bonds is 4. The summed E-state index contributed by atoms with van der Waals surface area (Å²) >= 11 is 5.86. The van der Waals surface area contributed by atoms with E-state index in [1.807, 2.05) is 6.92 Å². The Hall–Kier alpha value is -2.27. The molecule has 0 aliphatic heterocycles. The molecule has 0 radical (unpaired) electrons. The summed E-state index contributed by atoms with van der Waals surface area (Å²) in [6, 6.07) is 6.86. The van der Waals surface area contributed by atoms with Crippen LogP contribution in [0.3, 0.4) is 0 Å². The number of aromatic nitrogens is 1. The van der Waals surface area contributed by atoms with E-state index in [-0.39, 0.29) is 5.91 Å². The monoisotopic (exact) mass is 306 g/mol. The molecule has 0 unspecified atom stereocenters. The zero-order chi connectivity index (χ0) is 15.4. The first-order valence-corrected chi connectivity index (χ1v) is 6.59. The molecular weight excluding hydrogens is 292 g/mol. The van der Waals surface area contributed by atoms with Crippen LogP contribution in [0.2, 0.25) is 5.15 Å². The van der Waals surface area contributed by atoms with Gasteiger partial charge in [0.1, 0.15) is 5.15 Å².